The Kier molecular flexibility index (Phi) is 4.53. The van der Waals surface area contributed by atoms with Crippen molar-refractivity contribution in [1.29, 1.82) is 0 Å². The van der Waals surface area contributed by atoms with E-state index in [1.54, 1.807) is 17.8 Å². The van der Waals surface area contributed by atoms with E-state index in [1.807, 2.05) is 12.1 Å². The van der Waals surface area contributed by atoms with Crippen LogP contribution in [0.2, 0.25) is 0 Å². The Morgan fingerprint density at radius 1 is 1.41 bits per heavy atom. The van der Waals surface area contributed by atoms with Crippen LogP contribution in [0.3, 0.4) is 0 Å². The highest BCUT2D eigenvalue weighted by atomic mass is 16.5. The van der Waals surface area contributed by atoms with Gasteiger partial charge in [-0.2, -0.15) is 4.98 Å². The van der Waals surface area contributed by atoms with Crippen LogP contribution in [0.15, 0.2) is 29.0 Å². The molecule has 0 bridgehead atoms. The quantitative estimate of drug-likeness (QED) is 0.715. The monoisotopic (exact) mass is 369 g/mol. The molecule has 0 aliphatic carbocycles. The number of aryl methyl sites for hydroxylation is 1. The third kappa shape index (κ3) is 3.78. The van der Waals surface area contributed by atoms with Gasteiger partial charge in [0, 0.05) is 25.8 Å². The molecule has 0 unspecified atom stereocenters. The molecule has 1 aliphatic heterocycles. The van der Waals surface area contributed by atoms with Gasteiger partial charge < -0.3 is 14.5 Å². The summed E-state index contributed by atoms with van der Waals surface area (Å²) in [6.45, 7) is 4.17. The van der Waals surface area contributed by atoms with Crippen LogP contribution in [0, 0.1) is 12.8 Å². The third-order valence-corrected chi connectivity index (χ3v) is 4.57. The molecule has 1 saturated heterocycles. The van der Waals surface area contributed by atoms with E-state index in [4.69, 9.17) is 9.63 Å². The maximum absolute atomic E-state index is 10.9. The smallest absolute Gasteiger partial charge is 0.358 e. The molecule has 4 heterocycles. The molecule has 140 valence electrons. The standard InChI is InChI=1S/C17H19N7O3/c1-11-19-16(27-21-11)13-4-5-15(18-7-13)23-6-2-3-12(8-23)9-24-10-14(17(25)26)20-22-24/h4-5,7,10,12H,2-3,6,8-9H2,1H3,(H,25,26)/t12-/m1/s1. The van der Waals surface area contributed by atoms with Crippen LogP contribution in [0.4, 0.5) is 5.82 Å². The minimum absolute atomic E-state index is 0.0313. The van der Waals surface area contributed by atoms with Crippen LogP contribution in [-0.2, 0) is 6.54 Å². The Morgan fingerprint density at radius 2 is 2.30 bits per heavy atom. The molecule has 1 aliphatic rings. The van der Waals surface area contributed by atoms with Gasteiger partial charge in [0.1, 0.15) is 5.82 Å². The average Bonchev–Trinajstić information content (AvgIpc) is 3.31. The topological polar surface area (TPSA) is 123 Å². The Labute approximate surface area is 154 Å². The van der Waals surface area contributed by atoms with E-state index in [0.717, 1.165) is 37.3 Å². The Bertz CT molecular complexity index is 934. The zero-order valence-electron chi connectivity index (χ0n) is 14.8. The summed E-state index contributed by atoms with van der Waals surface area (Å²) >= 11 is 0. The van der Waals surface area contributed by atoms with Crippen molar-refractivity contribution in [3.8, 4) is 11.5 Å². The fraction of sp³-hybridized carbons (Fsp3) is 0.412. The normalized spacial score (nSPS) is 17.2. The van der Waals surface area contributed by atoms with Crippen molar-refractivity contribution in [1.82, 2.24) is 30.1 Å². The molecule has 1 atom stereocenters. The van der Waals surface area contributed by atoms with Crippen LogP contribution < -0.4 is 4.90 Å². The molecule has 0 aromatic carbocycles. The lowest BCUT2D eigenvalue weighted by atomic mass is 9.98. The maximum Gasteiger partial charge on any atom is 0.358 e. The van der Waals surface area contributed by atoms with Gasteiger partial charge in [-0.15, -0.1) is 5.10 Å². The molecule has 3 aromatic heterocycles. The fourth-order valence-electron chi connectivity index (χ4n) is 3.29. The highest BCUT2D eigenvalue weighted by molar-refractivity contribution is 5.84. The minimum atomic E-state index is -1.06. The highest BCUT2D eigenvalue weighted by Crippen LogP contribution is 2.24. The summed E-state index contributed by atoms with van der Waals surface area (Å²) in [4.78, 5) is 21.9. The summed E-state index contributed by atoms with van der Waals surface area (Å²) in [5, 5.41) is 20.3. The first-order valence-corrected chi connectivity index (χ1v) is 8.73. The summed E-state index contributed by atoms with van der Waals surface area (Å²) < 4.78 is 6.77. The molecule has 0 saturated carbocycles. The molecule has 1 fully saturated rings. The summed E-state index contributed by atoms with van der Waals surface area (Å²) in [5.74, 6) is 1.23. The van der Waals surface area contributed by atoms with Crippen LogP contribution in [-0.4, -0.2) is 54.3 Å². The SMILES string of the molecule is Cc1noc(-c2ccc(N3CCC[C@@H](Cn4cc(C(=O)O)nn4)C3)nc2)n1. The third-order valence-electron chi connectivity index (χ3n) is 4.57. The molecular weight excluding hydrogens is 350 g/mol. The van der Waals surface area contributed by atoms with E-state index in [2.05, 4.69) is 30.3 Å². The van der Waals surface area contributed by atoms with Gasteiger partial charge in [-0.1, -0.05) is 10.4 Å². The van der Waals surface area contributed by atoms with E-state index in [0.29, 0.717) is 24.2 Å². The van der Waals surface area contributed by atoms with Crippen LogP contribution in [0.5, 0.6) is 0 Å². The molecule has 10 heteroatoms. The summed E-state index contributed by atoms with van der Waals surface area (Å²) in [6.07, 6.45) is 5.30. The second-order valence-corrected chi connectivity index (χ2v) is 6.64. The van der Waals surface area contributed by atoms with Gasteiger partial charge in [0.2, 0.25) is 0 Å². The van der Waals surface area contributed by atoms with Gasteiger partial charge in [0.15, 0.2) is 11.5 Å². The van der Waals surface area contributed by atoms with Crippen molar-refractivity contribution in [3.63, 3.8) is 0 Å². The van der Waals surface area contributed by atoms with Gasteiger partial charge in [-0.05, 0) is 37.8 Å². The number of piperidine rings is 1. The molecule has 3 aromatic rings. The molecule has 0 spiro atoms. The van der Waals surface area contributed by atoms with Gasteiger partial charge >= 0.3 is 5.97 Å². The predicted molar refractivity (Wildman–Crippen MR) is 94.2 cm³/mol. The van der Waals surface area contributed by atoms with Crippen molar-refractivity contribution < 1.29 is 14.4 Å². The minimum Gasteiger partial charge on any atom is -0.476 e. The number of carboxylic acids is 1. The fourth-order valence-corrected chi connectivity index (χ4v) is 3.29. The van der Waals surface area contributed by atoms with Crippen molar-refractivity contribution >= 4 is 11.8 Å². The molecule has 4 rings (SSSR count). The maximum atomic E-state index is 10.9. The lowest BCUT2D eigenvalue weighted by Gasteiger charge is -2.33. The number of aromatic carboxylic acids is 1. The first kappa shape index (κ1) is 17.1. The van der Waals surface area contributed by atoms with Crippen molar-refractivity contribution in [2.24, 2.45) is 5.92 Å². The number of nitrogens with zero attached hydrogens (tertiary/aromatic N) is 7. The summed E-state index contributed by atoms with van der Waals surface area (Å²) in [5.41, 5.74) is 0.757. The predicted octanol–water partition coefficient (Wildman–Crippen LogP) is 1.65. The van der Waals surface area contributed by atoms with Crippen molar-refractivity contribution in [2.45, 2.75) is 26.3 Å². The molecule has 27 heavy (non-hydrogen) atoms. The molecule has 0 amide bonds. The molecule has 0 radical (unpaired) electrons. The largest absolute Gasteiger partial charge is 0.476 e. The highest BCUT2D eigenvalue weighted by Gasteiger charge is 2.22. The van der Waals surface area contributed by atoms with E-state index in [9.17, 15) is 4.79 Å². The van der Waals surface area contributed by atoms with Crippen LogP contribution >= 0.6 is 0 Å². The van der Waals surface area contributed by atoms with Crippen LogP contribution in [0.25, 0.3) is 11.5 Å². The second-order valence-electron chi connectivity index (χ2n) is 6.64. The van der Waals surface area contributed by atoms with E-state index >= 15 is 0 Å². The first-order chi connectivity index (χ1) is 13.1. The lowest BCUT2D eigenvalue weighted by Crippen LogP contribution is -2.37. The first-order valence-electron chi connectivity index (χ1n) is 8.73. The number of rotatable bonds is 5. The summed E-state index contributed by atoms with van der Waals surface area (Å²) in [7, 11) is 0. The Morgan fingerprint density at radius 3 is 2.96 bits per heavy atom. The molecule has 10 nitrogen and oxygen atoms in total. The van der Waals surface area contributed by atoms with Gasteiger partial charge in [0.05, 0.1) is 11.8 Å². The zero-order chi connectivity index (χ0) is 18.8. The van der Waals surface area contributed by atoms with Gasteiger partial charge in [0.25, 0.3) is 5.89 Å². The Balaban J connectivity index is 1.42. The zero-order valence-corrected chi connectivity index (χ0v) is 14.8. The van der Waals surface area contributed by atoms with Gasteiger partial charge in [-0.3, -0.25) is 4.68 Å². The number of hydrogen-bond donors (Lipinski definition) is 1. The number of carbonyl (C=O) groups is 1. The molecule has 1 N–H and O–H groups in total. The van der Waals surface area contributed by atoms with E-state index in [1.165, 1.54) is 6.20 Å². The average molecular weight is 369 g/mol. The Hall–Kier alpha value is -3.30. The number of carboxylic acid groups (broad SMARTS) is 1. The lowest BCUT2D eigenvalue weighted by molar-refractivity contribution is 0.0690. The molecular formula is C17H19N7O3. The van der Waals surface area contributed by atoms with Crippen molar-refractivity contribution in [3.05, 3.63) is 36.0 Å². The van der Waals surface area contributed by atoms with Crippen LogP contribution in [0.1, 0.15) is 29.2 Å². The number of pyridine rings is 1. The van der Waals surface area contributed by atoms with E-state index in [-0.39, 0.29) is 5.69 Å². The van der Waals surface area contributed by atoms with Gasteiger partial charge in [-0.25, -0.2) is 9.78 Å². The second kappa shape index (κ2) is 7.14. The number of hydrogen-bond acceptors (Lipinski definition) is 8. The summed E-state index contributed by atoms with van der Waals surface area (Å²) in [6, 6.07) is 3.88. The number of anilines is 1. The number of aromatic nitrogens is 6. The van der Waals surface area contributed by atoms with Crippen molar-refractivity contribution in [2.75, 3.05) is 18.0 Å². The van der Waals surface area contributed by atoms with E-state index < -0.39 is 5.97 Å².